The zero-order valence-electron chi connectivity index (χ0n) is 9.18. The smallest absolute Gasteiger partial charge is 0.107 e. The molecular formula is C13H12N2OS. The van der Waals surface area contributed by atoms with Crippen LogP contribution < -0.4 is 0 Å². The van der Waals surface area contributed by atoms with Crippen molar-refractivity contribution in [3.05, 3.63) is 48.2 Å². The van der Waals surface area contributed by atoms with Gasteiger partial charge in [-0.15, -0.1) is 12.6 Å². The molecule has 2 aromatic heterocycles. The molecule has 1 N–H and O–H groups in total. The number of thiol groups is 1. The molecule has 3 aromatic rings. The normalized spacial score (nSPS) is 11.1. The summed E-state index contributed by atoms with van der Waals surface area (Å²) in [5, 5.41) is 0. The second kappa shape index (κ2) is 4.30. The predicted molar refractivity (Wildman–Crippen MR) is 69.5 cm³/mol. The Morgan fingerprint density at radius 3 is 3.00 bits per heavy atom. The summed E-state index contributed by atoms with van der Waals surface area (Å²) in [6.45, 7) is 0. The first kappa shape index (κ1) is 10.5. The molecule has 0 radical (unpaired) electrons. The lowest BCUT2D eigenvalue weighted by Gasteiger charge is -1.93. The minimum absolute atomic E-state index is 0.851. The van der Waals surface area contributed by atoms with Crippen LogP contribution in [0.1, 0.15) is 11.6 Å². The summed E-state index contributed by atoms with van der Waals surface area (Å²) in [5.41, 5.74) is 2.02. The van der Waals surface area contributed by atoms with Gasteiger partial charge in [0.2, 0.25) is 0 Å². The Morgan fingerprint density at radius 2 is 2.18 bits per heavy atom. The van der Waals surface area contributed by atoms with E-state index in [0.29, 0.717) is 0 Å². The molecule has 0 saturated carbocycles. The van der Waals surface area contributed by atoms with Gasteiger partial charge in [0.05, 0.1) is 17.3 Å². The van der Waals surface area contributed by atoms with Gasteiger partial charge in [-0.25, -0.2) is 4.98 Å². The van der Waals surface area contributed by atoms with Crippen LogP contribution >= 0.6 is 12.6 Å². The van der Waals surface area contributed by atoms with E-state index < -0.39 is 0 Å². The number of hydrogen-bond acceptors (Lipinski definition) is 3. The van der Waals surface area contributed by atoms with Crippen molar-refractivity contribution in [1.29, 1.82) is 0 Å². The van der Waals surface area contributed by atoms with Gasteiger partial charge in [0.25, 0.3) is 0 Å². The maximum Gasteiger partial charge on any atom is 0.107 e. The third-order valence-electron chi connectivity index (χ3n) is 2.70. The minimum Gasteiger partial charge on any atom is -0.469 e. The number of aromatic amines is 1. The topological polar surface area (TPSA) is 41.8 Å². The summed E-state index contributed by atoms with van der Waals surface area (Å²) in [4.78, 5) is 8.76. The second-order valence-electron chi connectivity index (χ2n) is 3.96. The van der Waals surface area contributed by atoms with E-state index in [1.807, 2.05) is 30.3 Å². The largest absolute Gasteiger partial charge is 0.469 e. The van der Waals surface area contributed by atoms with Crippen LogP contribution in [0, 0.1) is 0 Å². The van der Waals surface area contributed by atoms with E-state index in [4.69, 9.17) is 4.42 Å². The maximum absolute atomic E-state index is 5.29. The van der Waals surface area contributed by atoms with Crippen molar-refractivity contribution in [1.82, 2.24) is 9.97 Å². The molecule has 3 nitrogen and oxygen atoms in total. The van der Waals surface area contributed by atoms with Gasteiger partial charge >= 0.3 is 0 Å². The van der Waals surface area contributed by atoms with E-state index >= 15 is 0 Å². The maximum atomic E-state index is 5.29. The van der Waals surface area contributed by atoms with Crippen molar-refractivity contribution in [3.63, 3.8) is 0 Å². The fourth-order valence-corrected chi connectivity index (χ4v) is 2.07. The summed E-state index contributed by atoms with van der Waals surface area (Å²) in [5.74, 6) is 1.97. The summed E-state index contributed by atoms with van der Waals surface area (Å²) in [6, 6.07) is 9.80. The molecule has 0 aliphatic rings. The van der Waals surface area contributed by atoms with Crippen molar-refractivity contribution in [3.8, 4) is 0 Å². The SMILES string of the molecule is Sc1ccc2nc(CCc3ccco3)[nH]c2c1. The van der Waals surface area contributed by atoms with Gasteiger partial charge in [0.1, 0.15) is 11.6 Å². The lowest BCUT2D eigenvalue weighted by Crippen LogP contribution is -1.91. The Labute approximate surface area is 104 Å². The number of furan rings is 1. The van der Waals surface area contributed by atoms with Crippen LogP contribution in [-0.4, -0.2) is 9.97 Å². The van der Waals surface area contributed by atoms with Crippen LogP contribution in [0.25, 0.3) is 11.0 Å². The van der Waals surface area contributed by atoms with Gasteiger partial charge in [-0.05, 0) is 30.3 Å². The van der Waals surface area contributed by atoms with E-state index in [1.165, 1.54) is 0 Å². The fourth-order valence-electron chi connectivity index (χ4n) is 1.87. The molecule has 86 valence electrons. The monoisotopic (exact) mass is 244 g/mol. The van der Waals surface area contributed by atoms with Crippen LogP contribution in [0.4, 0.5) is 0 Å². The first-order valence-electron chi connectivity index (χ1n) is 5.51. The van der Waals surface area contributed by atoms with E-state index in [-0.39, 0.29) is 0 Å². The highest BCUT2D eigenvalue weighted by atomic mass is 32.1. The number of fused-ring (bicyclic) bond motifs is 1. The van der Waals surface area contributed by atoms with Crippen molar-refractivity contribution < 1.29 is 4.42 Å². The molecule has 1 aromatic carbocycles. The Morgan fingerprint density at radius 1 is 1.24 bits per heavy atom. The van der Waals surface area contributed by atoms with Crippen molar-refractivity contribution in [2.75, 3.05) is 0 Å². The summed E-state index contributed by atoms with van der Waals surface area (Å²) in [6.07, 6.45) is 3.41. The minimum atomic E-state index is 0.851. The van der Waals surface area contributed by atoms with Gasteiger partial charge in [0.15, 0.2) is 0 Å². The van der Waals surface area contributed by atoms with Gasteiger partial charge in [-0.2, -0.15) is 0 Å². The average molecular weight is 244 g/mol. The Bertz CT molecular complexity index is 628. The van der Waals surface area contributed by atoms with Gasteiger partial charge in [-0.3, -0.25) is 0 Å². The molecule has 0 bridgehead atoms. The Hall–Kier alpha value is -1.68. The molecule has 0 unspecified atom stereocenters. The summed E-state index contributed by atoms with van der Waals surface area (Å²) in [7, 11) is 0. The Kier molecular flexibility index (Phi) is 2.65. The van der Waals surface area contributed by atoms with Crippen LogP contribution in [0.3, 0.4) is 0 Å². The average Bonchev–Trinajstić information content (AvgIpc) is 2.94. The van der Waals surface area contributed by atoms with E-state index in [2.05, 4.69) is 22.6 Å². The number of nitrogens with zero attached hydrogens (tertiary/aromatic N) is 1. The predicted octanol–water partition coefficient (Wildman–Crippen LogP) is 3.23. The number of hydrogen-bond donors (Lipinski definition) is 2. The van der Waals surface area contributed by atoms with Crippen molar-refractivity contribution in [2.24, 2.45) is 0 Å². The highest BCUT2D eigenvalue weighted by Gasteiger charge is 2.04. The molecule has 3 rings (SSSR count). The van der Waals surface area contributed by atoms with Crippen LogP contribution in [0.2, 0.25) is 0 Å². The number of aromatic nitrogens is 2. The molecule has 0 amide bonds. The lowest BCUT2D eigenvalue weighted by molar-refractivity contribution is 0.507. The van der Waals surface area contributed by atoms with E-state index in [9.17, 15) is 0 Å². The zero-order chi connectivity index (χ0) is 11.7. The number of imidazole rings is 1. The molecule has 0 aliphatic heterocycles. The summed E-state index contributed by atoms with van der Waals surface area (Å²) >= 11 is 4.31. The zero-order valence-corrected chi connectivity index (χ0v) is 10.1. The molecule has 0 atom stereocenters. The first-order chi connectivity index (χ1) is 8.31. The third-order valence-corrected chi connectivity index (χ3v) is 2.98. The van der Waals surface area contributed by atoms with Crippen molar-refractivity contribution >= 4 is 23.7 Å². The quantitative estimate of drug-likeness (QED) is 0.694. The standard InChI is InChI=1S/C13H12N2OS/c17-10-4-5-11-12(8-10)15-13(14-11)6-3-9-2-1-7-16-9/h1-2,4-5,7-8,17H,3,6H2,(H,14,15). The van der Waals surface area contributed by atoms with Crippen molar-refractivity contribution in [2.45, 2.75) is 17.7 Å². The lowest BCUT2D eigenvalue weighted by atomic mass is 10.2. The molecule has 0 aliphatic carbocycles. The van der Waals surface area contributed by atoms with Crippen LogP contribution in [0.15, 0.2) is 45.9 Å². The molecule has 0 spiro atoms. The van der Waals surface area contributed by atoms with Gasteiger partial charge < -0.3 is 9.40 Å². The number of aryl methyl sites for hydroxylation is 2. The molecule has 2 heterocycles. The van der Waals surface area contributed by atoms with Crippen LogP contribution in [-0.2, 0) is 12.8 Å². The third kappa shape index (κ3) is 2.22. The molecule has 4 heteroatoms. The number of nitrogens with one attached hydrogen (secondary N) is 1. The second-order valence-corrected chi connectivity index (χ2v) is 4.48. The van der Waals surface area contributed by atoms with Gasteiger partial charge in [-0.1, -0.05) is 0 Å². The highest BCUT2D eigenvalue weighted by Crippen LogP contribution is 2.16. The number of rotatable bonds is 3. The van der Waals surface area contributed by atoms with Gasteiger partial charge in [0, 0.05) is 17.7 Å². The first-order valence-corrected chi connectivity index (χ1v) is 5.96. The van der Waals surface area contributed by atoms with Crippen LogP contribution in [0.5, 0.6) is 0 Å². The number of benzene rings is 1. The van der Waals surface area contributed by atoms with E-state index in [1.54, 1.807) is 6.26 Å². The molecule has 17 heavy (non-hydrogen) atoms. The fraction of sp³-hybridized carbons (Fsp3) is 0.154. The molecular weight excluding hydrogens is 232 g/mol. The molecule has 0 saturated heterocycles. The highest BCUT2D eigenvalue weighted by molar-refractivity contribution is 7.80. The van der Waals surface area contributed by atoms with E-state index in [0.717, 1.165) is 40.4 Å². The Balaban J connectivity index is 1.81. The number of H-pyrrole nitrogens is 1. The summed E-state index contributed by atoms with van der Waals surface area (Å²) < 4.78 is 5.29. The molecule has 0 fully saturated rings.